The Balaban J connectivity index is 2.07. The summed E-state index contributed by atoms with van der Waals surface area (Å²) < 4.78 is 4.90. The van der Waals surface area contributed by atoms with Crippen LogP contribution in [0.3, 0.4) is 0 Å². The highest BCUT2D eigenvalue weighted by molar-refractivity contribution is 6.35. The summed E-state index contributed by atoms with van der Waals surface area (Å²) in [5, 5.41) is 13.5. The third-order valence-electron chi connectivity index (χ3n) is 3.72. The van der Waals surface area contributed by atoms with Gasteiger partial charge in [0, 0.05) is 38.7 Å². The van der Waals surface area contributed by atoms with Gasteiger partial charge >= 0.3 is 6.16 Å². The summed E-state index contributed by atoms with van der Waals surface area (Å²) in [6.45, 7) is 0. The molecule has 2 atom stereocenters. The van der Waals surface area contributed by atoms with Gasteiger partial charge in [-0.25, -0.2) is 4.79 Å². The van der Waals surface area contributed by atoms with E-state index in [-0.39, 0.29) is 5.92 Å². The molecule has 0 fully saturated rings. The lowest BCUT2D eigenvalue weighted by atomic mass is 9.84. The van der Waals surface area contributed by atoms with E-state index in [0.717, 1.165) is 11.1 Å². The molecule has 0 bridgehead atoms. The number of carboxylic acid groups (broad SMARTS) is 1. The number of hydrogen-bond acceptors (Lipinski definition) is 3. The number of halogens is 3. The number of nitrogens with one attached hydrogen (secondary N) is 1. The van der Waals surface area contributed by atoms with Crippen LogP contribution in [0, 0.1) is 0 Å². The Kier molecular flexibility index (Phi) is 4.57. The van der Waals surface area contributed by atoms with Crippen LogP contribution in [0.25, 0.3) is 0 Å². The average Bonchev–Trinajstić information content (AvgIpc) is 2.45. The van der Waals surface area contributed by atoms with Crippen molar-refractivity contribution in [3.8, 4) is 0 Å². The van der Waals surface area contributed by atoms with E-state index in [2.05, 4.69) is 5.32 Å². The summed E-state index contributed by atoms with van der Waals surface area (Å²) in [5.41, 5.74) is 2.50. The summed E-state index contributed by atoms with van der Waals surface area (Å²) >= 11 is 18.4. The number of ether oxygens (including phenoxy) is 1. The SMILES string of the molecule is O=C(O)OC1CC(c2ccc(Cl)cc2)c2c(Cl)cc(Cl)cc2N1. The molecule has 4 nitrogen and oxygen atoms in total. The monoisotopic (exact) mass is 371 g/mol. The minimum Gasteiger partial charge on any atom is -0.450 e. The lowest BCUT2D eigenvalue weighted by Crippen LogP contribution is -2.32. The van der Waals surface area contributed by atoms with Crippen LogP contribution < -0.4 is 5.32 Å². The fourth-order valence-electron chi connectivity index (χ4n) is 2.82. The van der Waals surface area contributed by atoms with Crippen LogP contribution in [0.4, 0.5) is 10.5 Å². The highest BCUT2D eigenvalue weighted by Crippen LogP contribution is 2.44. The molecule has 0 saturated carbocycles. The van der Waals surface area contributed by atoms with Crippen LogP contribution in [0.15, 0.2) is 36.4 Å². The molecule has 2 unspecified atom stereocenters. The first-order chi connectivity index (χ1) is 10.9. The molecular weight excluding hydrogens is 361 g/mol. The second-order valence-corrected chi connectivity index (χ2v) is 6.49. The molecule has 7 heteroatoms. The molecule has 0 aliphatic carbocycles. The van der Waals surface area contributed by atoms with Gasteiger partial charge in [-0.05, 0) is 29.8 Å². The Hall–Kier alpha value is -1.62. The van der Waals surface area contributed by atoms with Gasteiger partial charge in [0.15, 0.2) is 6.23 Å². The normalized spacial score (nSPS) is 19.6. The third-order valence-corrected chi connectivity index (χ3v) is 4.51. The maximum atomic E-state index is 10.9. The smallest absolute Gasteiger partial charge is 0.450 e. The van der Waals surface area contributed by atoms with Gasteiger partial charge in [0.25, 0.3) is 0 Å². The highest BCUT2D eigenvalue weighted by atomic mass is 35.5. The number of fused-ring (bicyclic) bond motifs is 1. The second-order valence-electron chi connectivity index (χ2n) is 5.21. The Morgan fingerprint density at radius 3 is 2.48 bits per heavy atom. The van der Waals surface area contributed by atoms with Crippen molar-refractivity contribution in [2.45, 2.75) is 18.6 Å². The molecule has 1 aliphatic heterocycles. The van der Waals surface area contributed by atoms with Crippen LogP contribution in [0.5, 0.6) is 0 Å². The Labute approximate surface area is 147 Å². The van der Waals surface area contributed by atoms with Crippen LogP contribution in [-0.4, -0.2) is 17.5 Å². The van der Waals surface area contributed by atoms with Crippen LogP contribution >= 0.6 is 34.8 Å². The van der Waals surface area contributed by atoms with E-state index in [4.69, 9.17) is 44.6 Å². The number of benzene rings is 2. The van der Waals surface area contributed by atoms with Gasteiger partial charge in [-0.3, -0.25) is 0 Å². The van der Waals surface area contributed by atoms with Crippen molar-refractivity contribution in [2.75, 3.05) is 5.32 Å². The van der Waals surface area contributed by atoms with Gasteiger partial charge in [0.1, 0.15) is 0 Å². The van der Waals surface area contributed by atoms with Crippen LogP contribution in [-0.2, 0) is 4.74 Å². The third kappa shape index (κ3) is 3.50. The maximum absolute atomic E-state index is 10.9. The summed E-state index contributed by atoms with van der Waals surface area (Å²) in [5.74, 6) is -0.127. The molecule has 2 aromatic rings. The predicted molar refractivity (Wildman–Crippen MR) is 90.9 cm³/mol. The predicted octanol–water partition coefficient (Wildman–Crippen LogP) is 5.62. The number of carbonyl (C=O) groups is 1. The number of anilines is 1. The fraction of sp³-hybridized carbons (Fsp3) is 0.188. The van der Waals surface area contributed by atoms with Crippen molar-refractivity contribution in [2.24, 2.45) is 0 Å². The molecule has 2 aromatic carbocycles. The Morgan fingerprint density at radius 1 is 1.13 bits per heavy atom. The van der Waals surface area contributed by atoms with Crippen molar-refractivity contribution in [3.63, 3.8) is 0 Å². The maximum Gasteiger partial charge on any atom is 0.507 e. The average molecular weight is 373 g/mol. The van der Waals surface area contributed by atoms with Gasteiger partial charge in [-0.1, -0.05) is 46.9 Å². The Morgan fingerprint density at radius 2 is 1.83 bits per heavy atom. The summed E-state index contributed by atoms with van der Waals surface area (Å²) in [4.78, 5) is 10.9. The van der Waals surface area contributed by atoms with Gasteiger partial charge in [-0.2, -0.15) is 0 Å². The molecule has 0 aromatic heterocycles. The van der Waals surface area contributed by atoms with Crippen molar-refractivity contribution in [3.05, 3.63) is 62.6 Å². The minimum absolute atomic E-state index is 0.127. The zero-order chi connectivity index (χ0) is 16.6. The van der Waals surface area contributed by atoms with Crippen LogP contribution in [0.2, 0.25) is 15.1 Å². The molecule has 0 saturated heterocycles. The summed E-state index contributed by atoms with van der Waals surface area (Å²) in [6.07, 6.45) is -1.61. The van der Waals surface area contributed by atoms with Crippen molar-refractivity contribution in [1.29, 1.82) is 0 Å². The molecule has 1 aliphatic rings. The van der Waals surface area contributed by atoms with Crippen molar-refractivity contribution in [1.82, 2.24) is 0 Å². The molecule has 23 heavy (non-hydrogen) atoms. The van der Waals surface area contributed by atoms with Gasteiger partial charge in [0.05, 0.1) is 0 Å². The zero-order valence-corrected chi connectivity index (χ0v) is 14.0. The number of hydrogen-bond donors (Lipinski definition) is 2. The first-order valence-corrected chi connectivity index (χ1v) is 7.98. The summed E-state index contributed by atoms with van der Waals surface area (Å²) in [6, 6.07) is 10.7. The molecule has 2 N–H and O–H groups in total. The van der Waals surface area contributed by atoms with Gasteiger partial charge in [-0.15, -0.1) is 0 Å². The van der Waals surface area contributed by atoms with E-state index >= 15 is 0 Å². The molecule has 0 spiro atoms. The lowest BCUT2D eigenvalue weighted by molar-refractivity contribution is 0.0562. The molecule has 0 radical (unpaired) electrons. The van der Waals surface area contributed by atoms with E-state index < -0.39 is 12.4 Å². The van der Waals surface area contributed by atoms with E-state index in [1.54, 1.807) is 24.3 Å². The number of rotatable bonds is 2. The second kappa shape index (κ2) is 6.48. The Bertz CT molecular complexity index is 749. The standard InChI is InChI=1S/C16H12Cl3NO3/c17-9-3-1-8(2-4-9)11-7-14(23-16(21)22)20-13-6-10(18)5-12(19)15(11)13/h1-6,11,14,20H,7H2,(H,21,22). The quantitative estimate of drug-likeness (QED) is 0.672. The van der Waals surface area contributed by atoms with Crippen molar-refractivity contribution < 1.29 is 14.6 Å². The zero-order valence-electron chi connectivity index (χ0n) is 11.7. The van der Waals surface area contributed by atoms with E-state index in [0.29, 0.717) is 27.2 Å². The lowest BCUT2D eigenvalue weighted by Gasteiger charge is -2.33. The van der Waals surface area contributed by atoms with Crippen molar-refractivity contribution >= 4 is 46.6 Å². The molecular formula is C16H12Cl3NO3. The molecule has 1 heterocycles. The summed E-state index contributed by atoms with van der Waals surface area (Å²) in [7, 11) is 0. The minimum atomic E-state index is -1.34. The topological polar surface area (TPSA) is 58.6 Å². The highest BCUT2D eigenvalue weighted by Gasteiger charge is 2.32. The van der Waals surface area contributed by atoms with Gasteiger partial charge < -0.3 is 15.2 Å². The van der Waals surface area contributed by atoms with Gasteiger partial charge in [0.2, 0.25) is 0 Å². The fourth-order valence-corrected chi connectivity index (χ4v) is 3.57. The van der Waals surface area contributed by atoms with E-state index in [9.17, 15) is 4.79 Å². The molecule has 120 valence electrons. The first-order valence-electron chi connectivity index (χ1n) is 6.84. The molecule has 3 rings (SSSR count). The molecule has 0 amide bonds. The largest absolute Gasteiger partial charge is 0.507 e. The van der Waals surface area contributed by atoms with E-state index in [1.165, 1.54) is 0 Å². The first kappa shape index (κ1) is 16.2. The van der Waals surface area contributed by atoms with Crippen LogP contribution in [0.1, 0.15) is 23.5 Å². The van der Waals surface area contributed by atoms with E-state index in [1.807, 2.05) is 12.1 Å².